The molecule has 4 nitrogen and oxygen atoms in total. The van der Waals surface area contributed by atoms with E-state index in [1.165, 1.54) is 38.8 Å². The predicted molar refractivity (Wildman–Crippen MR) is 146 cm³/mol. The number of hydrogen-bond donors (Lipinski definition) is 1. The molecule has 0 radical (unpaired) electrons. The van der Waals surface area contributed by atoms with Crippen LogP contribution in [0.1, 0.15) is 64.0 Å². The molecule has 2 rings (SSSR count). The van der Waals surface area contributed by atoms with Gasteiger partial charge in [-0.05, 0) is 87.8 Å². The SMILES string of the molecule is CCCCN(CCCC)CCCNCc1cc(Cl)c(OCc2ccc(Cl)c(Cl)c2)c(OCC)c1. The van der Waals surface area contributed by atoms with E-state index < -0.39 is 0 Å². The molecule has 2 aromatic carbocycles. The first-order valence-electron chi connectivity index (χ1n) is 12.4. The second-order valence-electron chi connectivity index (χ2n) is 8.45. The second kappa shape index (κ2) is 16.5. The van der Waals surface area contributed by atoms with E-state index in [1.807, 2.05) is 25.1 Å². The average molecular weight is 530 g/mol. The van der Waals surface area contributed by atoms with E-state index >= 15 is 0 Å². The Hall–Kier alpha value is -1.17. The van der Waals surface area contributed by atoms with Gasteiger partial charge in [-0.15, -0.1) is 0 Å². The summed E-state index contributed by atoms with van der Waals surface area (Å²) >= 11 is 18.7. The molecule has 0 saturated heterocycles. The molecule has 0 spiro atoms. The molecule has 0 aliphatic rings. The molecule has 34 heavy (non-hydrogen) atoms. The standard InChI is InChI=1S/C27H39Cl3N2O2/c1-4-7-13-32(14-8-5-2)15-9-12-31-19-22-17-25(30)27(26(18-22)33-6-3)34-20-21-10-11-23(28)24(29)16-21/h10-11,16-18,31H,4-9,12-15,19-20H2,1-3H3. The van der Waals surface area contributed by atoms with Crippen molar-refractivity contribution in [3.63, 3.8) is 0 Å². The Morgan fingerprint density at radius 2 is 1.44 bits per heavy atom. The van der Waals surface area contributed by atoms with E-state index in [9.17, 15) is 0 Å². The fraction of sp³-hybridized carbons (Fsp3) is 0.556. The van der Waals surface area contributed by atoms with E-state index in [4.69, 9.17) is 44.3 Å². The van der Waals surface area contributed by atoms with Crippen LogP contribution < -0.4 is 14.8 Å². The quantitative estimate of drug-likeness (QED) is 0.210. The molecule has 0 aliphatic carbocycles. The summed E-state index contributed by atoms with van der Waals surface area (Å²) in [6.07, 6.45) is 6.17. The Balaban J connectivity index is 1.90. The average Bonchev–Trinajstić information content (AvgIpc) is 2.82. The van der Waals surface area contributed by atoms with Crippen LogP contribution >= 0.6 is 34.8 Å². The number of nitrogens with zero attached hydrogens (tertiary/aromatic N) is 1. The van der Waals surface area contributed by atoms with E-state index in [2.05, 4.69) is 24.1 Å². The van der Waals surface area contributed by atoms with Gasteiger partial charge in [0.25, 0.3) is 0 Å². The zero-order chi connectivity index (χ0) is 24.8. The van der Waals surface area contributed by atoms with Crippen LogP contribution in [0.4, 0.5) is 0 Å². The Labute approximate surface area is 220 Å². The lowest BCUT2D eigenvalue weighted by molar-refractivity contribution is 0.261. The molecule has 0 bridgehead atoms. The second-order valence-corrected chi connectivity index (χ2v) is 9.68. The third-order valence-electron chi connectivity index (χ3n) is 5.55. The highest BCUT2D eigenvalue weighted by atomic mass is 35.5. The van der Waals surface area contributed by atoms with Crippen molar-refractivity contribution >= 4 is 34.8 Å². The number of ether oxygens (including phenoxy) is 2. The summed E-state index contributed by atoms with van der Waals surface area (Å²) in [5.74, 6) is 1.19. The van der Waals surface area contributed by atoms with Gasteiger partial charge in [-0.25, -0.2) is 0 Å². The van der Waals surface area contributed by atoms with Gasteiger partial charge in [0.1, 0.15) is 6.61 Å². The zero-order valence-electron chi connectivity index (χ0n) is 20.8. The lowest BCUT2D eigenvalue weighted by Gasteiger charge is -2.22. The van der Waals surface area contributed by atoms with Gasteiger partial charge in [0, 0.05) is 6.54 Å². The summed E-state index contributed by atoms with van der Waals surface area (Å²) in [6.45, 7) is 12.5. The van der Waals surface area contributed by atoms with Crippen LogP contribution in [-0.4, -0.2) is 37.7 Å². The molecule has 7 heteroatoms. The first-order chi connectivity index (χ1) is 16.5. The number of nitrogens with one attached hydrogen (secondary N) is 1. The van der Waals surface area contributed by atoms with Gasteiger partial charge in [-0.1, -0.05) is 67.6 Å². The lowest BCUT2D eigenvalue weighted by atomic mass is 10.2. The minimum atomic E-state index is 0.320. The fourth-order valence-electron chi connectivity index (χ4n) is 3.67. The van der Waals surface area contributed by atoms with Crippen LogP contribution in [0.3, 0.4) is 0 Å². The third kappa shape index (κ3) is 10.2. The Morgan fingerprint density at radius 1 is 0.765 bits per heavy atom. The summed E-state index contributed by atoms with van der Waals surface area (Å²) in [7, 11) is 0. The molecule has 0 fully saturated rings. The fourth-order valence-corrected chi connectivity index (χ4v) is 4.28. The van der Waals surface area contributed by atoms with E-state index in [0.717, 1.165) is 37.2 Å². The van der Waals surface area contributed by atoms with Crippen LogP contribution in [0, 0.1) is 0 Å². The number of benzene rings is 2. The van der Waals surface area contributed by atoms with Crippen LogP contribution in [0.5, 0.6) is 11.5 Å². The van der Waals surface area contributed by atoms with Crippen LogP contribution in [0.15, 0.2) is 30.3 Å². The summed E-state index contributed by atoms with van der Waals surface area (Å²) in [5.41, 5.74) is 1.98. The molecule has 1 N–H and O–H groups in total. The summed E-state index contributed by atoms with van der Waals surface area (Å²) < 4.78 is 11.8. The molecule has 2 aromatic rings. The van der Waals surface area contributed by atoms with Crippen molar-refractivity contribution in [2.45, 2.75) is 66.0 Å². The number of unbranched alkanes of at least 4 members (excludes halogenated alkanes) is 2. The van der Waals surface area contributed by atoms with Crippen molar-refractivity contribution in [3.8, 4) is 11.5 Å². The Morgan fingerprint density at radius 3 is 2.09 bits per heavy atom. The van der Waals surface area contributed by atoms with Crippen molar-refractivity contribution in [2.75, 3.05) is 32.8 Å². The normalized spacial score (nSPS) is 11.3. The smallest absolute Gasteiger partial charge is 0.180 e. The maximum absolute atomic E-state index is 6.59. The molecule has 0 atom stereocenters. The maximum Gasteiger partial charge on any atom is 0.180 e. The van der Waals surface area contributed by atoms with Gasteiger partial charge in [0.2, 0.25) is 0 Å². The molecule has 0 unspecified atom stereocenters. The first kappa shape index (κ1) is 29.1. The van der Waals surface area contributed by atoms with Gasteiger partial charge in [0.05, 0.1) is 21.7 Å². The van der Waals surface area contributed by atoms with Crippen molar-refractivity contribution in [1.29, 1.82) is 0 Å². The molecular weight excluding hydrogens is 491 g/mol. The molecule has 0 amide bonds. The molecular formula is C27H39Cl3N2O2. The van der Waals surface area contributed by atoms with Crippen molar-refractivity contribution in [3.05, 3.63) is 56.5 Å². The summed E-state index contributed by atoms with van der Waals surface area (Å²) in [4.78, 5) is 2.60. The molecule has 0 aromatic heterocycles. The van der Waals surface area contributed by atoms with Crippen LogP contribution in [0.25, 0.3) is 0 Å². The number of rotatable bonds is 17. The molecule has 0 heterocycles. The highest BCUT2D eigenvalue weighted by molar-refractivity contribution is 6.42. The highest BCUT2D eigenvalue weighted by Crippen LogP contribution is 2.37. The number of halogens is 3. The van der Waals surface area contributed by atoms with Crippen molar-refractivity contribution in [2.24, 2.45) is 0 Å². The Bertz CT molecular complexity index is 856. The zero-order valence-corrected chi connectivity index (χ0v) is 23.0. The predicted octanol–water partition coefficient (Wildman–Crippen LogP) is 8.01. The van der Waals surface area contributed by atoms with Crippen LogP contribution in [0.2, 0.25) is 15.1 Å². The topological polar surface area (TPSA) is 33.7 Å². The number of hydrogen-bond acceptors (Lipinski definition) is 4. The Kier molecular flexibility index (Phi) is 14.1. The van der Waals surface area contributed by atoms with Gasteiger partial charge < -0.3 is 19.7 Å². The monoisotopic (exact) mass is 528 g/mol. The van der Waals surface area contributed by atoms with Gasteiger partial charge in [0.15, 0.2) is 11.5 Å². The maximum atomic E-state index is 6.59. The molecule has 190 valence electrons. The van der Waals surface area contributed by atoms with Gasteiger partial charge >= 0.3 is 0 Å². The van der Waals surface area contributed by atoms with Crippen molar-refractivity contribution in [1.82, 2.24) is 10.2 Å². The summed E-state index contributed by atoms with van der Waals surface area (Å²) in [5, 5.41) is 5.10. The first-order valence-corrected chi connectivity index (χ1v) is 13.6. The summed E-state index contributed by atoms with van der Waals surface area (Å²) in [6, 6.07) is 9.38. The minimum absolute atomic E-state index is 0.320. The van der Waals surface area contributed by atoms with Gasteiger partial charge in [-0.3, -0.25) is 0 Å². The largest absolute Gasteiger partial charge is 0.490 e. The van der Waals surface area contributed by atoms with E-state index in [-0.39, 0.29) is 0 Å². The molecule has 0 aliphatic heterocycles. The van der Waals surface area contributed by atoms with Gasteiger partial charge in [-0.2, -0.15) is 0 Å². The van der Waals surface area contributed by atoms with E-state index in [0.29, 0.717) is 39.8 Å². The highest BCUT2D eigenvalue weighted by Gasteiger charge is 2.13. The van der Waals surface area contributed by atoms with Crippen molar-refractivity contribution < 1.29 is 9.47 Å². The molecule has 0 saturated carbocycles. The third-order valence-corrected chi connectivity index (χ3v) is 6.57. The lowest BCUT2D eigenvalue weighted by Crippen LogP contribution is -2.29. The minimum Gasteiger partial charge on any atom is -0.490 e. The van der Waals surface area contributed by atoms with E-state index in [1.54, 1.807) is 12.1 Å². The van der Waals surface area contributed by atoms with Crippen LogP contribution in [-0.2, 0) is 13.2 Å².